The topological polar surface area (TPSA) is 66.9 Å². The van der Waals surface area contributed by atoms with E-state index in [9.17, 15) is 4.79 Å². The van der Waals surface area contributed by atoms with E-state index in [1.165, 1.54) is 10.4 Å². The molecule has 0 aliphatic carbocycles. The van der Waals surface area contributed by atoms with Crippen molar-refractivity contribution in [3.63, 3.8) is 0 Å². The second kappa shape index (κ2) is 5.67. The van der Waals surface area contributed by atoms with E-state index < -0.39 is 0 Å². The normalized spacial score (nSPS) is 17.2. The predicted octanol–water partition coefficient (Wildman–Crippen LogP) is 3.58. The molecule has 1 aliphatic rings. The molecule has 0 saturated heterocycles. The van der Waals surface area contributed by atoms with Crippen LogP contribution in [0.15, 0.2) is 18.5 Å². The summed E-state index contributed by atoms with van der Waals surface area (Å²) in [6.07, 6.45) is 4.53. The summed E-state index contributed by atoms with van der Waals surface area (Å²) >= 11 is 3.31. The van der Waals surface area contributed by atoms with Crippen molar-refractivity contribution in [1.82, 2.24) is 15.3 Å². The number of thiazole rings is 1. The van der Waals surface area contributed by atoms with E-state index in [1.807, 2.05) is 6.07 Å². The highest BCUT2D eigenvalue weighted by molar-refractivity contribution is 7.23. The Kier molecular flexibility index (Phi) is 3.63. The summed E-state index contributed by atoms with van der Waals surface area (Å²) in [5.74, 6) is -0.0479. The Bertz CT molecular complexity index is 866. The molecule has 3 aromatic heterocycles. The molecular formula is C16H16N4OS2. The molecule has 118 valence electrons. The van der Waals surface area contributed by atoms with Crippen molar-refractivity contribution >= 4 is 43.8 Å². The number of anilines is 1. The van der Waals surface area contributed by atoms with Gasteiger partial charge < -0.3 is 10.6 Å². The van der Waals surface area contributed by atoms with Crippen molar-refractivity contribution in [2.24, 2.45) is 0 Å². The lowest BCUT2D eigenvalue weighted by Crippen LogP contribution is -2.26. The van der Waals surface area contributed by atoms with Crippen LogP contribution in [0.1, 0.15) is 30.3 Å². The third-order valence-corrected chi connectivity index (χ3v) is 6.33. The number of amides is 1. The molecule has 0 aromatic carbocycles. The molecule has 5 nitrogen and oxygen atoms in total. The highest BCUT2D eigenvalue weighted by Gasteiger charge is 2.27. The number of aromatic nitrogens is 2. The molecule has 1 atom stereocenters. The fourth-order valence-electron chi connectivity index (χ4n) is 2.95. The second-order valence-corrected chi connectivity index (χ2v) is 7.70. The average Bonchev–Trinajstić information content (AvgIpc) is 3.07. The number of fused-ring (bicyclic) bond motifs is 2. The van der Waals surface area contributed by atoms with Crippen molar-refractivity contribution in [3.8, 4) is 10.6 Å². The lowest BCUT2D eigenvalue weighted by atomic mass is 10.0. The summed E-state index contributed by atoms with van der Waals surface area (Å²) in [6, 6.07) is 2.29. The van der Waals surface area contributed by atoms with Crippen molar-refractivity contribution < 1.29 is 4.79 Å². The maximum atomic E-state index is 11.6. The van der Waals surface area contributed by atoms with E-state index in [2.05, 4.69) is 22.5 Å². The summed E-state index contributed by atoms with van der Waals surface area (Å²) in [7, 11) is 0. The molecule has 0 spiro atoms. The summed E-state index contributed by atoms with van der Waals surface area (Å²) in [6.45, 7) is 4.66. The number of hydrogen-bond donors (Lipinski definition) is 2. The molecule has 4 heterocycles. The molecule has 1 amide bonds. The molecule has 0 bridgehead atoms. The highest BCUT2D eigenvalue weighted by atomic mass is 32.1. The summed E-state index contributed by atoms with van der Waals surface area (Å²) in [5.41, 5.74) is 3.31. The molecule has 0 radical (unpaired) electrons. The molecule has 23 heavy (non-hydrogen) atoms. The lowest BCUT2D eigenvalue weighted by Gasteiger charge is -2.20. The van der Waals surface area contributed by atoms with Gasteiger partial charge in [-0.05, 0) is 31.5 Å². The maximum Gasteiger partial charge on any atom is 0.221 e. The third-order valence-electron chi connectivity index (χ3n) is 3.95. The molecule has 0 saturated carbocycles. The fourth-order valence-corrected chi connectivity index (χ4v) is 5.35. The first-order valence-corrected chi connectivity index (χ1v) is 9.14. The largest absolute Gasteiger partial charge is 0.317 e. The van der Waals surface area contributed by atoms with Gasteiger partial charge in [-0.1, -0.05) is 0 Å². The molecular weight excluding hydrogens is 328 g/mol. The first-order chi connectivity index (χ1) is 11.1. The van der Waals surface area contributed by atoms with Crippen LogP contribution in [0.4, 0.5) is 5.00 Å². The molecule has 1 aliphatic heterocycles. The number of thiophene rings is 1. The molecule has 1 unspecified atom stereocenters. The summed E-state index contributed by atoms with van der Waals surface area (Å²) in [4.78, 5) is 21.8. The Morgan fingerprint density at radius 3 is 3.09 bits per heavy atom. The van der Waals surface area contributed by atoms with Gasteiger partial charge in [-0.15, -0.1) is 22.7 Å². The van der Waals surface area contributed by atoms with E-state index in [-0.39, 0.29) is 5.91 Å². The Morgan fingerprint density at radius 2 is 2.30 bits per heavy atom. The Balaban J connectivity index is 1.93. The SMILES string of the molecule is CC(=O)Nc1sc2c(c1-c1nc3cnccc3s1)CCNC2C. The van der Waals surface area contributed by atoms with Crippen molar-refractivity contribution in [2.45, 2.75) is 26.3 Å². The van der Waals surface area contributed by atoms with Gasteiger partial charge >= 0.3 is 0 Å². The first kappa shape index (κ1) is 14.7. The smallest absolute Gasteiger partial charge is 0.221 e. The summed E-state index contributed by atoms with van der Waals surface area (Å²) < 4.78 is 1.12. The van der Waals surface area contributed by atoms with Crippen molar-refractivity contribution in [3.05, 3.63) is 28.9 Å². The third kappa shape index (κ3) is 2.54. The van der Waals surface area contributed by atoms with E-state index in [0.29, 0.717) is 6.04 Å². The van der Waals surface area contributed by atoms with Crippen LogP contribution in [0.5, 0.6) is 0 Å². The van der Waals surface area contributed by atoms with Gasteiger partial charge in [-0.2, -0.15) is 0 Å². The van der Waals surface area contributed by atoms with Gasteiger partial charge in [0, 0.05) is 29.6 Å². The Hall–Kier alpha value is -1.83. The van der Waals surface area contributed by atoms with Gasteiger partial charge in [0.1, 0.15) is 15.5 Å². The van der Waals surface area contributed by atoms with Crippen LogP contribution in [0.3, 0.4) is 0 Å². The van der Waals surface area contributed by atoms with E-state index in [1.54, 1.807) is 42.0 Å². The van der Waals surface area contributed by atoms with Crippen molar-refractivity contribution in [1.29, 1.82) is 0 Å². The zero-order valence-corrected chi connectivity index (χ0v) is 14.5. The van der Waals surface area contributed by atoms with Gasteiger partial charge in [-0.25, -0.2) is 4.98 Å². The van der Waals surface area contributed by atoms with E-state index in [0.717, 1.165) is 38.8 Å². The number of nitrogens with zero attached hydrogens (tertiary/aromatic N) is 2. The van der Waals surface area contributed by atoms with E-state index in [4.69, 9.17) is 4.98 Å². The van der Waals surface area contributed by atoms with Crippen LogP contribution in [0.25, 0.3) is 20.8 Å². The zero-order valence-electron chi connectivity index (χ0n) is 12.8. The van der Waals surface area contributed by atoms with Crippen LogP contribution < -0.4 is 10.6 Å². The van der Waals surface area contributed by atoms with Gasteiger partial charge in [-0.3, -0.25) is 9.78 Å². The van der Waals surface area contributed by atoms with Gasteiger partial charge in [0.2, 0.25) is 5.91 Å². The zero-order chi connectivity index (χ0) is 16.0. The second-order valence-electron chi connectivity index (χ2n) is 5.62. The minimum atomic E-state index is -0.0479. The minimum absolute atomic E-state index is 0.0479. The Labute approximate surface area is 141 Å². The first-order valence-electron chi connectivity index (χ1n) is 7.51. The highest BCUT2D eigenvalue weighted by Crippen LogP contribution is 2.46. The van der Waals surface area contributed by atoms with Crippen LogP contribution >= 0.6 is 22.7 Å². The molecule has 0 fully saturated rings. The number of hydrogen-bond acceptors (Lipinski definition) is 6. The molecule has 4 rings (SSSR count). The molecule has 3 aromatic rings. The van der Waals surface area contributed by atoms with Gasteiger partial charge in [0.05, 0.1) is 10.9 Å². The Morgan fingerprint density at radius 1 is 1.43 bits per heavy atom. The quantitative estimate of drug-likeness (QED) is 0.745. The molecule has 7 heteroatoms. The minimum Gasteiger partial charge on any atom is -0.317 e. The fraction of sp³-hybridized carbons (Fsp3) is 0.312. The predicted molar refractivity (Wildman–Crippen MR) is 95.2 cm³/mol. The summed E-state index contributed by atoms with van der Waals surface area (Å²) in [5, 5.41) is 8.35. The van der Waals surface area contributed by atoms with Crippen molar-refractivity contribution in [2.75, 3.05) is 11.9 Å². The standard InChI is InChI=1S/C16H16N4OS2/c1-8-14-10(3-6-18-8)13(15(23-14)19-9(2)21)16-20-11-7-17-5-4-12(11)22-16/h4-5,7-8,18H,3,6H2,1-2H3,(H,19,21). The number of rotatable bonds is 2. The van der Waals surface area contributed by atoms with Crippen LogP contribution in [0, 0.1) is 0 Å². The number of carbonyl (C=O) groups excluding carboxylic acids is 1. The number of pyridine rings is 1. The maximum absolute atomic E-state index is 11.6. The van der Waals surface area contributed by atoms with Crippen LogP contribution in [-0.2, 0) is 11.2 Å². The van der Waals surface area contributed by atoms with Crippen LogP contribution in [-0.4, -0.2) is 22.4 Å². The molecule has 2 N–H and O–H groups in total. The van der Waals surface area contributed by atoms with E-state index >= 15 is 0 Å². The average molecular weight is 344 g/mol. The monoisotopic (exact) mass is 344 g/mol. The van der Waals surface area contributed by atoms with Crippen LogP contribution in [0.2, 0.25) is 0 Å². The van der Waals surface area contributed by atoms with Gasteiger partial charge in [0.25, 0.3) is 0 Å². The number of carbonyl (C=O) groups is 1. The lowest BCUT2D eigenvalue weighted by molar-refractivity contribution is -0.114. The van der Waals surface area contributed by atoms with Gasteiger partial charge in [0.15, 0.2) is 0 Å². The number of nitrogens with one attached hydrogen (secondary N) is 2.